The molecule has 8 nitrogen and oxygen atoms in total. The van der Waals surface area contributed by atoms with Gasteiger partial charge in [0.2, 0.25) is 0 Å². The average Bonchev–Trinajstić information content (AvgIpc) is 3.28. The number of carbonyl (C=O) groups excluding carboxylic acids is 2. The van der Waals surface area contributed by atoms with E-state index in [1.807, 2.05) is 6.07 Å². The monoisotopic (exact) mass is 418 g/mol. The van der Waals surface area contributed by atoms with Crippen LogP contribution >= 0.6 is 11.3 Å². The molecule has 2 N–H and O–H groups in total. The van der Waals surface area contributed by atoms with Gasteiger partial charge in [-0.3, -0.25) is 10.2 Å². The number of benzene rings is 1. The second-order valence-corrected chi connectivity index (χ2v) is 7.66. The van der Waals surface area contributed by atoms with Gasteiger partial charge in [0, 0.05) is 42.9 Å². The number of thiophene rings is 1. The number of morpholine rings is 1. The van der Waals surface area contributed by atoms with E-state index < -0.39 is 6.09 Å². The molecule has 1 atom stereocenters. The van der Waals surface area contributed by atoms with Crippen molar-refractivity contribution in [2.24, 2.45) is 0 Å². The molecule has 29 heavy (non-hydrogen) atoms. The summed E-state index contributed by atoms with van der Waals surface area (Å²) in [5, 5.41) is 7.53. The first-order valence-electron chi connectivity index (χ1n) is 9.39. The van der Waals surface area contributed by atoms with Crippen LogP contribution in [0.1, 0.15) is 10.9 Å². The van der Waals surface area contributed by atoms with Crippen LogP contribution in [-0.2, 0) is 9.47 Å². The number of anilines is 2. The number of hydrogen-bond acceptors (Lipinski definition) is 6. The third-order valence-electron chi connectivity index (χ3n) is 4.72. The van der Waals surface area contributed by atoms with E-state index in [9.17, 15) is 9.59 Å². The van der Waals surface area contributed by atoms with Gasteiger partial charge in [-0.2, -0.15) is 0 Å². The molecule has 3 amide bonds. The van der Waals surface area contributed by atoms with Gasteiger partial charge in [-0.25, -0.2) is 9.59 Å². The Morgan fingerprint density at radius 3 is 2.41 bits per heavy atom. The third-order valence-corrected chi connectivity index (χ3v) is 5.69. The Balaban J connectivity index is 1.60. The van der Waals surface area contributed by atoms with Crippen molar-refractivity contribution in [1.29, 1.82) is 0 Å². The SMILES string of the molecule is COC(=O)Nc1ccc(NC(=O)N(C)C[C@@H](c2cccs2)N2CCOCC2)cc1. The lowest BCUT2D eigenvalue weighted by Crippen LogP contribution is -2.44. The van der Waals surface area contributed by atoms with Gasteiger partial charge in [-0.05, 0) is 35.7 Å². The van der Waals surface area contributed by atoms with Crippen molar-refractivity contribution in [1.82, 2.24) is 9.80 Å². The number of methoxy groups -OCH3 is 1. The molecular weight excluding hydrogens is 392 g/mol. The Bertz CT molecular complexity index is 791. The van der Waals surface area contributed by atoms with Crippen LogP contribution in [0.3, 0.4) is 0 Å². The zero-order valence-electron chi connectivity index (χ0n) is 16.6. The lowest BCUT2D eigenvalue weighted by Gasteiger charge is -2.36. The topological polar surface area (TPSA) is 83.1 Å². The maximum Gasteiger partial charge on any atom is 0.411 e. The van der Waals surface area contributed by atoms with E-state index >= 15 is 0 Å². The Morgan fingerprint density at radius 1 is 1.17 bits per heavy atom. The zero-order chi connectivity index (χ0) is 20.6. The molecule has 0 unspecified atom stereocenters. The summed E-state index contributed by atoms with van der Waals surface area (Å²) in [7, 11) is 3.10. The lowest BCUT2D eigenvalue weighted by atomic mass is 10.1. The molecule has 0 spiro atoms. The van der Waals surface area contributed by atoms with Crippen molar-refractivity contribution in [2.75, 3.05) is 57.6 Å². The number of likely N-dealkylation sites (N-methyl/N-ethyl adjacent to an activating group) is 1. The average molecular weight is 419 g/mol. The summed E-state index contributed by atoms with van der Waals surface area (Å²) in [6.07, 6.45) is -0.538. The second kappa shape index (κ2) is 10.2. The Kier molecular flexibility index (Phi) is 7.45. The maximum absolute atomic E-state index is 12.7. The Morgan fingerprint density at radius 2 is 1.83 bits per heavy atom. The van der Waals surface area contributed by atoms with Gasteiger partial charge in [0.15, 0.2) is 0 Å². The van der Waals surface area contributed by atoms with E-state index in [4.69, 9.17) is 4.74 Å². The summed E-state index contributed by atoms with van der Waals surface area (Å²) >= 11 is 1.71. The van der Waals surface area contributed by atoms with Crippen LogP contribution in [-0.4, -0.2) is 68.9 Å². The summed E-state index contributed by atoms with van der Waals surface area (Å²) in [6.45, 7) is 3.71. The smallest absolute Gasteiger partial charge is 0.411 e. The lowest BCUT2D eigenvalue weighted by molar-refractivity contribution is 0.0125. The van der Waals surface area contributed by atoms with E-state index in [0.29, 0.717) is 31.1 Å². The number of amides is 3. The quantitative estimate of drug-likeness (QED) is 0.751. The highest BCUT2D eigenvalue weighted by Gasteiger charge is 2.26. The number of nitrogens with zero attached hydrogens (tertiary/aromatic N) is 2. The summed E-state index contributed by atoms with van der Waals surface area (Å²) in [6, 6.07) is 11.0. The van der Waals surface area contributed by atoms with Gasteiger partial charge in [0.1, 0.15) is 0 Å². The number of ether oxygens (including phenoxy) is 2. The van der Waals surface area contributed by atoms with Gasteiger partial charge in [0.05, 0.1) is 26.4 Å². The van der Waals surface area contributed by atoms with Crippen molar-refractivity contribution in [3.05, 3.63) is 46.7 Å². The molecule has 1 aliphatic heterocycles. The van der Waals surface area contributed by atoms with Crippen LogP contribution in [0.15, 0.2) is 41.8 Å². The van der Waals surface area contributed by atoms with E-state index in [1.165, 1.54) is 12.0 Å². The summed E-state index contributed by atoms with van der Waals surface area (Å²) < 4.78 is 10.0. The Hall–Kier alpha value is -2.62. The molecule has 0 bridgehead atoms. The molecule has 2 heterocycles. The third kappa shape index (κ3) is 5.93. The van der Waals surface area contributed by atoms with E-state index in [2.05, 4.69) is 31.7 Å². The predicted octanol–water partition coefficient (Wildman–Crippen LogP) is 3.46. The molecule has 0 aliphatic carbocycles. The van der Waals surface area contributed by atoms with Gasteiger partial charge in [0.25, 0.3) is 0 Å². The van der Waals surface area contributed by atoms with Crippen LogP contribution in [0.4, 0.5) is 21.0 Å². The first kappa shape index (κ1) is 21.1. The molecule has 1 aromatic heterocycles. The van der Waals surface area contributed by atoms with E-state index in [1.54, 1.807) is 47.5 Å². The highest BCUT2D eigenvalue weighted by atomic mass is 32.1. The van der Waals surface area contributed by atoms with Crippen molar-refractivity contribution in [3.8, 4) is 0 Å². The van der Waals surface area contributed by atoms with Crippen molar-refractivity contribution >= 4 is 34.8 Å². The first-order valence-corrected chi connectivity index (χ1v) is 10.3. The molecule has 1 aromatic carbocycles. The number of hydrogen-bond donors (Lipinski definition) is 2. The van der Waals surface area contributed by atoms with Crippen molar-refractivity contribution in [2.45, 2.75) is 6.04 Å². The molecule has 1 aliphatic rings. The minimum atomic E-state index is -0.538. The zero-order valence-corrected chi connectivity index (χ0v) is 17.4. The van der Waals surface area contributed by atoms with Gasteiger partial charge < -0.3 is 19.7 Å². The molecule has 1 saturated heterocycles. The fourth-order valence-electron chi connectivity index (χ4n) is 3.12. The highest BCUT2D eigenvalue weighted by molar-refractivity contribution is 7.10. The molecule has 0 radical (unpaired) electrons. The summed E-state index contributed by atoms with van der Waals surface area (Å²) in [4.78, 5) is 29.2. The van der Waals surface area contributed by atoms with Gasteiger partial charge in [-0.15, -0.1) is 11.3 Å². The fraction of sp³-hybridized carbons (Fsp3) is 0.400. The molecular formula is C20H26N4O4S. The number of carbonyl (C=O) groups is 2. The second-order valence-electron chi connectivity index (χ2n) is 6.68. The predicted molar refractivity (Wildman–Crippen MR) is 114 cm³/mol. The maximum atomic E-state index is 12.7. The van der Waals surface area contributed by atoms with Gasteiger partial charge in [-0.1, -0.05) is 6.07 Å². The van der Waals surface area contributed by atoms with Crippen LogP contribution in [0.25, 0.3) is 0 Å². The minimum absolute atomic E-state index is 0.140. The normalized spacial score (nSPS) is 15.4. The molecule has 2 aromatic rings. The molecule has 0 saturated carbocycles. The van der Waals surface area contributed by atoms with E-state index in [0.717, 1.165) is 13.1 Å². The minimum Gasteiger partial charge on any atom is -0.453 e. The van der Waals surface area contributed by atoms with Gasteiger partial charge >= 0.3 is 12.1 Å². The molecule has 156 valence electrons. The summed E-state index contributed by atoms with van der Waals surface area (Å²) in [5.74, 6) is 0. The number of rotatable bonds is 6. The molecule has 1 fully saturated rings. The standard InChI is InChI=1S/C20H26N4O4S/c1-23(14-17(18-4-3-13-29-18)24-9-11-28-12-10-24)19(25)21-15-5-7-16(8-6-15)22-20(26)27-2/h3-8,13,17H,9-12,14H2,1-2H3,(H,21,25)(H,22,26)/t17-/m0/s1. The number of urea groups is 1. The van der Waals surface area contributed by atoms with Crippen molar-refractivity contribution < 1.29 is 19.1 Å². The van der Waals surface area contributed by atoms with Crippen LogP contribution in [0, 0.1) is 0 Å². The summed E-state index contributed by atoms with van der Waals surface area (Å²) in [5.41, 5.74) is 1.24. The molecule has 3 rings (SSSR count). The van der Waals surface area contributed by atoms with Crippen LogP contribution in [0.5, 0.6) is 0 Å². The highest BCUT2D eigenvalue weighted by Crippen LogP contribution is 2.27. The molecule has 9 heteroatoms. The fourth-order valence-corrected chi connectivity index (χ4v) is 3.97. The van der Waals surface area contributed by atoms with Crippen molar-refractivity contribution in [3.63, 3.8) is 0 Å². The number of nitrogens with one attached hydrogen (secondary N) is 2. The van der Waals surface area contributed by atoms with Crippen LogP contribution < -0.4 is 10.6 Å². The first-order chi connectivity index (χ1) is 14.1. The van der Waals surface area contributed by atoms with E-state index in [-0.39, 0.29) is 12.1 Å². The largest absolute Gasteiger partial charge is 0.453 e. The Labute approximate surface area is 174 Å². The van der Waals surface area contributed by atoms with Crippen LogP contribution in [0.2, 0.25) is 0 Å².